The quantitative estimate of drug-likeness (QED) is 0.349. The van der Waals surface area contributed by atoms with Crippen LogP contribution in [-0.2, 0) is 25.5 Å². The lowest BCUT2D eigenvalue weighted by Crippen LogP contribution is -2.32. The number of nitrogens with zero attached hydrogens (tertiary/aromatic N) is 2. The van der Waals surface area contributed by atoms with Gasteiger partial charge in [-0.15, -0.1) is 0 Å². The number of para-hydroxylation sites is 1. The number of likely N-dealkylation sites (N-methyl/N-ethyl adjacent to an activating group) is 1. The fourth-order valence-corrected chi connectivity index (χ4v) is 4.18. The minimum absolute atomic E-state index is 0.0402. The summed E-state index contributed by atoms with van der Waals surface area (Å²) in [4.78, 5) is 53.2. The zero-order chi connectivity index (χ0) is 26.5. The van der Waals surface area contributed by atoms with Crippen LogP contribution in [0.5, 0.6) is 0 Å². The molecule has 3 amide bonds. The van der Waals surface area contributed by atoms with Crippen molar-refractivity contribution >= 4 is 52.4 Å². The molecule has 0 aliphatic carbocycles. The SMILES string of the molecule is CCN(C(=O)Cc1ccc(NC2=C(Cl)C(=O)N(c3cccc(C(=O)OC)c3)C2=O)cc1)c1ccccc1. The van der Waals surface area contributed by atoms with Gasteiger partial charge < -0.3 is 15.0 Å². The molecule has 0 saturated heterocycles. The first-order valence-electron chi connectivity index (χ1n) is 11.5. The Kier molecular flexibility index (Phi) is 7.69. The number of amides is 3. The van der Waals surface area contributed by atoms with Crippen molar-refractivity contribution in [3.63, 3.8) is 0 Å². The fourth-order valence-electron chi connectivity index (χ4n) is 3.97. The summed E-state index contributed by atoms with van der Waals surface area (Å²) in [6.07, 6.45) is 0.203. The Morgan fingerprint density at radius 1 is 0.946 bits per heavy atom. The van der Waals surface area contributed by atoms with Gasteiger partial charge >= 0.3 is 5.97 Å². The van der Waals surface area contributed by atoms with Gasteiger partial charge in [-0.3, -0.25) is 14.4 Å². The van der Waals surface area contributed by atoms with Crippen LogP contribution >= 0.6 is 11.6 Å². The van der Waals surface area contributed by atoms with E-state index in [1.807, 2.05) is 37.3 Å². The number of carbonyl (C=O) groups is 4. The number of esters is 1. The van der Waals surface area contributed by atoms with Crippen LogP contribution in [0.4, 0.5) is 17.1 Å². The maximum absolute atomic E-state index is 13.1. The highest BCUT2D eigenvalue weighted by Gasteiger charge is 2.39. The molecular weight excluding hydrogens is 494 g/mol. The molecule has 0 bridgehead atoms. The molecule has 188 valence electrons. The second kappa shape index (κ2) is 11.1. The average molecular weight is 518 g/mol. The van der Waals surface area contributed by atoms with E-state index in [1.54, 1.807) is 35.2 Å². The number of rotatable bonds is 8. The number of hydrogen-bond acceptors (Lipinski definition) is 6. The van der Waals surface area contributed by atoms with E-state index < -0.39 is 17.8 Å². The van der Waals surface area contributed by atoms with Crippen molar-refractivity contribution in [2.75, 3.05) is 28.8 Å². The summed E-state index contributed by atoms with van der Waals surface area (Å²) in [7, 11) is 1.24. The maximum Gasteiger partial charge on any atom is 0.337 e. The molecule has 8 nitrogen and oxygen atoms in total. The van der Waals surface area contributed by atoms with Crippen LogP contribution in [0.2, 0.25) is 0 Å². The summed E-state index contributed by atoms with van der Waals surface area (Å²) in [5, 5.41) is 2.64. The Hall–Kier alpha value is -4.43. The lowest BCUT2D eigenvalue weighted by molar-refractivity contribution is -0.120. The number of anilines is 3. The lowest BCUT2D eigenvalue weighted by atomic mass is 10.1. The summed E-state index contributed by atoms with van der Waals surface area (Å²) in [6.45, 7) is 2.47. The topological polar surface area (TPSA) is 96.0 Å². The van der Waals surface area contributed by atoms with Crippen LogP contribution in [0.1, 0.15) is 22.8 Å². The minimum Gasteiger partial charge on any atom is -0.465 e. The van der Waals surface area contributed by atoms with Gasteiger partial charge in [-0.2, -0.15) is 0 Å². The molecule has 0 fully saturated rings. The van der Waals surface area contributed by atoms with Gasteiger partial charge in [0.1, 0.15) is 10.7 Å². The number of ether oxygens (including phenoxy) is 1. The van der Waals surface area contributed by atoms with Gasteiger partial charge in [-0.05, 0) is 55.0 Å². The Bertz CT molecular complexity index is 1390. The van der Waals surface area contributed by atoms with Crippen molar-refractivity contribution in [1.82, 2.24) is 0 Å². The molecule has 0 saturated carbocycles. The van der Waals surface area contributed by atoms with Crippen molar-refractivity contribution in [3.05, 3.63) is 101 Å². The van der Waals surface area contributed by atoms with E-state index in [4.69, 9.17) is 16.3 Å². The molecule has 1 aliphatic rings. The molecule has 9 heteroatoms. The van der Waals surface area contributed by atoms with Gasteiger partial charge in [0.05, 0.1) is 24.8 Å². The molecule has 0 aromatic heterocycles. The van der Waals surface area contributed by atoms with Crippen molar-refractivity contribution in [1.29, 1.82) is 0 Å². The van der Waals surface area contributed by atoms with Crippen molar-refractivity contribution in [2.45, 2.75) is 13.3 Å². The monoisotopic (exact) mass is 517 g/mol. The standard InChI is InChI=1S/C28H24ClN3O5/c1-3-31(21-9-5-4-6-10-21)23(33)16-18-12-14-20(15-13-18)30-25-24(29)26(34)32(27(25)35)22-11-7-8-19(17-22)28(36)37-2/h4-15,17,30H,3,16H2,1-2H3. The number of carbonyl (C=O) groups excluding carboxylic acids is 4. The number of benzene rings is 3. The van der Waals surface area contributed by atoms with E-state index in [9.17, 15) is 19.2 Å². The molecule has 4 rings (SSSR count). The highest BCUT2D eigenvalue weighted by molar-refractivity contribution is 6.53. The van der Waals surface area contributed by atoms with Crippen LogP contribution in [0.25, 0.3) is 0 Å². The molecule has 0 atom stereocenters. The zero-order valence-corrected chi connectivity index (χ0v) is 21.0. The number of nitrogens with one attached hydrogen (secondary N) is 1. The van der Waals surface area contributed by atoms with E-state index in [0.717, 1.165) is 16.2 Å². The van der Waals surface area contributed by atoms with Crippen molar-refractivity contribution in [2.24, 2.45) is 0 Å². The van der Waals surface area contributed by atoms with Gasteiger partial charge in [-0.25, -0.2) is 9.69 Å². The summed E-state index contributed by atoms with van der Waals surface area (Å²) in [5.74, 6) is -2.00. The van der Waals surface area contributed by atoms with E-state index in [-0.39, 0.29) is 34.3 Å². The number of methoxy groups -OCH3 is 1. The first kappa shape index (κ1) is 25.7. The van der Waals surface area contributed by atoms with E-state index >= 15 is 0 Å². The first-order chi connectivity index (χ1) is 17.8. The van der Waals surface area contributed by atoms with Crippen molar-refractivity contribution < 1.29 is 23.9 Å². The van der Waals surface area contributed by atoms with Gasteiger partial charge in [0, 0.05) is 17.9 Å². The molecule has 37 heavy (non-hydrogen) atoms. The fraction of sp³-hybridized carbons (Fsp3) is 0.143. The normalized spacial score (nSPS) is 13.1. The number of imide groups is 1. The number of halogens is 1. The third kappa shape index (κ3) is 5.39. The second-order valence-corrected chi connectivity index (χ2v) is 8.53. The second-order valence-electron chi connectivity index (χ2n) is 8.15. The van der Waals surface area contributed by atoms with Crippen molar-refractivity contribution in [3.8, 4) is 0 Å². The Morgan fingerprint density at radius 3 is 2.30 bits per heavy atom. The van der Waals surface area contributed by atoms with Crippen LogP contribution in [0.3, 0.4) is 0 Å². The van der Waals surface area contributed by atoms with E-state index in [2.05, 4.69) is 5.32 Å². The molecule has 0 unspecified atom stereocenters. The molecule has 1 aliphatic heterocycles. The predicted octanol–water partition coefficient (Wildman–Crippen LogP) is 4.50. The smallest absolute Gasteiger partial charge is 0.337 e. The third-order valence-corrected chi connectivity index (χ3v) is 6.17. The molecule has 3 aromatic carbocycles. The van der Waals surface area contributed by atoms with Gasteiger partial charge in [0.15, 0.2) is 0 Å². The molecular formula is C28H24ClN3O5. The molecule has 0 spiro atoms. The molecule has 3 aromatic rings. The Balaban J connectivity index is 1.46. The summed E-state index contributed by atoms with van der Waals surface area (Å²) in [6, 6.07) is 22.4. The average Bonchev–Trinajstić information content (AvgIpc) is 3.13. The highest BCUT2D eigenvalue weighted by Crippen LogP contribution is 2.31. The maximum atomic E-state index is 13.1. The van der Waals surface area contributed by atoms with E-state index in [1.165, 1.54) is 25.3 Å². The van der Waals surface area contributed by atoms with Gasteiger partial charge in [0.25, 0.3) is 11.8 Å². The largest absolute Gasteiger partial charge is 0.465 e. The molecule has 1 N–H and O–H groups in total. The van der Waals surface area contributed by atoms with Crippen LogP contribution in [0, 0.1) is 0 Å². The Morgan fingerprint density at radius 2 is 1.65 bits per heavy atom. The lowest BCUT2D eigenvalue weighted by Gasteiger charge is -2.21. The highest BCUT2D eigenvalue weighted by atomic mass is 35.5. The van der Waals surface area contributed by atoms with Crippen LogP contribution < -0.4 is 15.1 Å². The minimum atomic E-state index is -0.709. The summed E-state index contributed by atoms with van der Waals surface area (Å²) >= 11 is 6.22. The van der Waals surface area contributed by atoms with Gasteiger partial charge in [-0.1, -0.05) is 48.0 Å². The summed E-state index contributed by atoms with van der Waals surface area (Å²) in [5.41, 5.74) is 2.45. The van der Waals surface area contributed by atoms with Crippen LogP contribution in [-0.4, -0.2) is 37.3 Å². The summed E-state index contributed by atoms with van der Waals surface area (Å²) < 4.78 is 4.70. The number of hydrogen-bond donors (Lipinski definition) is 1. The third-order valence-electron chi connectivity index (χ3n) is 5.82. The van der Waals surface area contributed by atoms with Gasteiger partial charge in [0.2, 0.25) is 5.91 Å². The first-order valence-corrected chi connectivity index (χ1v) is 11.9. The molecule has 0 radical (unpaired) electrons. The molecule has 1 heterocycles. The predicted molar refractivity (Wildman–Crippen MR) is 141 cm³/mol. The van der Waals surface area contributed by atoms with E-state index in [0.29, 0.717) is 12.2 Å². The Labute approximate surface area is 219 Å². The van der Waals surface area contributed by atoms with Crippen LogP contribution in [0.15, 0.2) is 89.6 Å². The zero-order valence-electron chi connectivity index (χ0n) is 20.2.